The van der Waals surface area contributed by atoms with Gasteiger partial charge >= 0.3 is 6.36 Å². The van der Waals surface area contributed by atoms with Crippen LogP contribution in [0.5, 0.6) is 5.75 Å². The Hall–Kier alpha value is -1.37. The van der Waals surface area contributed by atoms with Crippen molar-refractivity contribution in [1.29, 1.82) is 0 Å². The molecular weight excluding hydrogens is 291 g/mol. The summed E-state index contributed by atoms with van der Waals surface area (Å²) in [5.41, 5.74) is -0.0719. The number of rotatable bonds is 5. The lowest BCUT2D eigenvalue weighted by molar-refractivity contribution is -0.274. The normalized spacial score (nSPS) is 16.6. The van der Waals surface area contributed by atoms with Crippen LogP contribution in [-0.4, -0.2) is 18.0 Å². The van der Waals surface area contributed by atoms with E-state index in [0.717, 1.165) is 18.9 Å². The zero-order valence-electron chi connectivity index (χ0n) is 10.5. The van der Waals surface area contributed by atoms with Gasteiger partial charge in [-0.25, -0.2) is 0 Å². The molecule has 1 aliphatic rings. The Kier molecular flexibility index (Phi) is 4.17. The number of hydrogen-bond donors (Lipinski definition) is 2. The summed E-state index contributed by atoms with van der Waals surface area (Å²) >= 11 is 4.19. The molecule has 1 fully saturated rings. The SMILES string of the molecule is O=C(CC1(CS)CC1)Nc1ccccc1OC(F)(F)F. The van der Waals surface area contributed by atoms with E-state index in [-0.39, 0.29) is 23.4 Å². The van der Waals surface area contributed by atoms with Gasteiger partial charge in [0.1, 0.15) is 0 Å². The highest BCUT2D eigenvalue weighted by Gasteiger charge is 2.43. The number of hydrogen-bond acceptors (Lipinski definition) is 3. The van der Waals surface area contributed by atoms with Crippen molar-refractivity contribution in [2.45, 2.75) is 25.6 Å². The molecule has 0 radical (unpaired) electrons. The molecule has 20 heavy (non-hydrogen) atoms. The zero-order valence-corrected chi connectivity index (χ0v) is 11.4. The summed E-state index contributed by atoms with van der Waals surface area (Å²) in [5, 5.41) is 2.47. The van der Waals surface area contributed by atoms with Crippen LogP contribution in [0, 0.1) is 5.41 Å². The van der Waals surface area contributed by atoms with Gasteiger partial charge in [0.2, 0.25) is 5.91 Å². The number of thiol groups is 1. The summed E-state index contributed by atoms with van der Waals surface area (Å²) in [7, 11) is 0. The first-order valence-corrected chi connectivity index (χ1v) is 6.72. The Labute approximate surface area is 119 Å². The quantitative estimate of drug-likeness (QED) is 0.815. The molecule has 0 saturated heterocycles. The lowest BCUT2D eigenvalue weighted by Crippen LogP contribution is -2.21. The van der Waals surface area contributed by atoms with Crippen LogP contribution in [0.2, 0.25) is 0 Å². The number of nitrogens with one attached hydrogen (secondary N) is 1. The average molecular weight is 305 g/mol. The number of alkyl halides is 3. The maximum Gasteiger partial charge on any atom is 0.573 e. The van der Waals surface area contributed by atoms with Gasteiger partial charge in [0.05, 0.1) is 5.69 Å². The lowest BCUT2D eigenvalue weighted by atomic mass is 10.1. The molecule has 1 saturated carbocycles. The van der Waals surface area contributed by atoms with Gasteiger partial charge in [-0.15, -0.1) is 13.2 Å². The number of benzene rings is 1. The monoisotopic (exact) mass is 305 g/mol. The predicted octanol–water partition coefficient (Wildman–Crippen LogP) is 3.62. The molecule has 0 aromatic heterocycles. The Balaban J connectivity index is 2.03. The van der Waals surface area contributed by atoms with Crippen molar-refractivity contribution < 1.29 is 22.7 Å². The van der Waals surface area contributed by atoms with E-state index in [1.165, 1.54) is 18.2 Å². The van der Waals surface area contributed by atoms with E-state index in [4.69, 9.17) is 0 Å². The molecule has 1 amide bonds. The van der Waals surface area contributed by atoms with Crippen LogP contribution in [-0.2, 0) is 4.79 Å². The van der Waals surface area contributed by atoms with Crippen molar-refractivity contribution in [1.82, 2.24) is 0 Å². The van der Waals surface area contributed by atoms with Crippen LogP contribution in [0.25, 0.3) is 0 Å². The molecule has 0 heterocycles. The van der Waals surface area contributed by atoms with E-state index < -0.39 is 12.1 Å². The Bertz CT molecular complexity index is 501. The molecule has 0 unspecified atom stereocenters. The molecule has 3 nitrogen and oxygen atoms in total. The average Bonchev–Trinajstić information content (AvgIpc) is 3.10. The number of amides is 1. The fourth-order valence-corrected chi connectivity index (χ4v) is 2.31. The second-order valence-corrected chi connectivity index (χ2v) is 5.24. The summed E-state index contributed by atoms with van der Waals surface area (Å²) in [4.78, 5) is 11.9. The second-order valence-electron chi connectivity index (χ2n) is 4.93. The molecule has 110 valence electrons. The fraction of sp³-hybridized carbons (Fsp3) is 0.462. The highest BCUT2D eigenvalue weighted by Crippen LogP contribution is 2.49. The van der Waals surface area contributed by atoms with Gasteiger partial charge in [-0.2, -0.15) is 12.6 Å². The van der Waals surface area contributed by atoms with Crippen LogP contribution in [0.3, 0.4) is 0 Å². The zero-order chi connectivity index (χ0) is 14.8. The first kappa shape index (κ1) is 15.0. The van der Waals surface area contributed by atoms with E-state index in [9.17, 15) is 18.0 Å². The third-order valence-corrected chi connectivity index (χ3v) is 3.89. The third-order valence-electron chi connectivity index (χ3n) is 3.21. The molecule has 0 aliphatic heterocycles. The molecule has 7 heteroatoms. The number of ether oxygens (including phenoxy) is 1. The van der Waals surface area contributed by atoms with Gasteiger partial charge in [-0.05, 0) is 36.1 Å². The fourth-order valence-electron chi connectivity index (χ4n) is 1.89. The van der Waals surface area contributed by atoms with E-state index in [1.54, 1.807) is 0 Å². The maximum atomic E-state index is 12.2. The number of para-hydroxylation sites is 2. The first-order valence-electron chi connectivity index (χ1n) is 6.09. The number of anilines is 1. The molecule has 0 bridgehead atoms. The van der Waals surface area contributed by atoms with Crippen molar-refractivity contribution in [3.63, 3.8) is 0 Å². The van der Waals surface area contributed by atoms with E-state index >= 15 is 0 Å². The molecular formula is C13H14F3NO2S. The van der Waals surface area contributed by atoms with Crippen molar-refractivity contribution in [3.8, 4) is 5.75 Å². The summed E-state index contributed by atoms with van der Waals surface area (Å²) in [6.07, 6.45) is -2.68. The van der Waals surface area contributed by atoms with Crippen molar-refractivity contribution in [2.75, 3.05) is 11.1 Å². The van der Waals surface area contributed by atoms with Crippen molar-refractivity contribution >= 4 is 24.2 Å². The van der Waals surface area contributed by atoms with Gasteiger partial charge in [0.25, 0.3) is 0 Å². The van der Waals surface area contributed by atoms with E-state index in [0.29, 0.717) is 5.75 Å². The molecule has 1 aromatic carbocycles. The van der Waals surface area contributed by atoms with Gasteiger partial charge in [0.15, 0.2) is 5.75 Å². The summed E-state index contributed by atoms with van der Waals surface area (Å²) < 4.78 is 40.6. The largest absolute Gasteiger partial charge is 0.573 e. The topological polar surface area (TPSA) is 38.3 Å². The van der Waals surface area contributed by atoms with E-state index in [2.05, 4.69) is 22.7 Å². The van der Waals surface area contributed by atoms with Crippen LogP contribution in [0.4, 0.5) is 18.9 Å². The minimum atomic E-state index is -4.79. The van der Waals surface area contributed by atoms with Gasteiger partial charge in [0, 0.05) is 6.42 Å². The number of carbonyl (C=O) groups is 1. The smallest absolute Gasteiger partial charge is 0.404 e. The summed E-state index contributed by atoms with van der Waals surface area (Å²) in [6, 6.07) is 5.48. The van der Waals surface area contributed by atoms with Crippen LogP contribution in [0.15, 0.2) is 24.3 Å². The molecule has 1 N–H and O–H groups in total. The molecule has 0 atom stereocenters. The molecule has 2 rings (SSSR count). The minimum absolute atomic E-state index is 0.0183. The Morgan fingerprint density at radius 1 is 1.35 bits per heavy atom. The maximum absolute atomic E-state index is 12.2. The third kappa shape index (κ3) is 4.06. The van der Waals surface area contributed by atoms with Gasteiger partial charge in [-0.3, -0.25) is 4.79 Å². The van der Waals surface area contributed by atoms with E-state index in [1.807, 2.05) is 0 Å². The number of carbonyl (C=O) groups excluding carboxylic acids is 1. The lowest BCUT2D eigenvalue weighted by Gasteiger charge is -2.15. The highest BCUT2D eigenvalue weighted by atomic mass is 32.1. The summed E-state index contributed by atoms with van der Waals surface area (Å²) in [5.74, 6) is -0.139. The van der Waals surface area contributed by atoms with Crippen molar-refractivity contribution in [3.05, 3.63) is 24.3 Å². The molecule has 1 aromatic rings. The Morgan fingerprint density at radius 3 is 2.55 bits per heavy atom. The predicted molar refractivity (Wildman–Crippen MR) is 71.9 cm³/mol. The Morgan fingerprint density at radius 2 is 2.00 bits per heavy atom. The first-order chi connectivity index (χ1) is 9.34. The standard InChI is InChI=1S/C13H14F3NO2S/c14-13(15,16)19-10-4-2-1-3-9(10)17-11(18)7-12(8-20)5-6-12/h1-4,20H,5-8H2,(H,17,18). The van der Waals surface area contributed by atoms with Crippen LogP contribution < -0.4 is 10.1 Å². The minimum Gasteiger partial charge on any atom is -0.404 e. The van der Waals surface area contributed by atoms with Gasteiger partial charge in [-0.1, -0.05) is 12.1 Å². The van der Waals surface area contributed by atoms with Gasteiger partial charge < -0.3 is 10.1 Å². The number of halogens is 3. The summed E-state index contributed by atoms with van der Waals surface area (Å²) in [6.45, 7) is 0. The van der Waals surface area contributed by atoms with Crippen LogP contribution >= 0.6 is 12.6 Å². The highest BCUT2D eigenvalue weighted by molar-refractivity contribution is 7.80. The second kappa shape index (κ2) is 5.55. The van der Waals surface area contributed by atoms with Crippen molar-refractivity contribution in [2.24, 2.45) is 5.41 Å². The molecule has 1 aliphatic carbocycles. The van der Waals surface area contributed by atoms with Crippen LogP contribution in [0.1, 0.15) is 19.3 Å². The molecule has 0 spiro atoms.